The zero-order valence-corrected chi connectivity index (χ0v) is 9.90. The fraction of sp³-hybridized carbons (Fsp3) is 0.400. The van der Waals surface area contributed by atoms with Gasteiger partial charge in [0, 0.05) is 11.4 Å². The van der Waals surface area contributed by atoms with E-state index in [9.17, 15) is 21.6 Å². The van der Waals surface area contributed by atoms with E-state index in [0.29, 0.717) is 0 Å². The first-order chi connectivity index (χ1) is 7.65. The van der Waals surface area contributed by atoms with Crippen LogP contribution in [0, 0.1) is 0 Å². The highest BCUT2D eigenvalue weighted by atomic mass is 32.2. The molecular weight excluding hydrogens is 255 g/mol. The Kier molecular flexibility index (Phi) is 3.71. The predicted molar refractivity (Wildman–Crippen MR) is 59.0 cm³/mol. The highest BCUT2D eigenvalue weighted by molar-refractivity contribution is 7.90. The number of nitrogens with two attached hydrogens (primary N) is 1. The first-order valence-electron chi connectivity index (χ1n) is 4.81. The molecule has 1 aromatic carbocycles. The zero-order chi connectivity index (χ0) is 13.3. The maximum Gasteiger partial charge on any atom is 0.418 e. The van der Waals surface area contributed by atoms with E-state index in [-0.39, 0.29) is 17.1 Å². The quantitative estimate of drug-likeness (QED) is 0.854. The van der Waals surface area contributed by atoms with Crippen LogP contribution in [0.15, 0.2) is 18.2 Å². The lowest BCUT2D eigenvalue weighted by molar-refractivity contribution is -0.136. The molecule has 96 valence electrons. The second kappa shape index (κ2) is 4.56. The van der Waals surface area contributed by atoms with Crippen LogP contribution in [0.2, 0.25) is 0 Å². The lowest BCUT2D eigenvalue weighted by Gasteiger charge is -2.11. The Morgan fingerprint density at radius 2 is 1.88 bits per heavy atom. The van der Waals surface area contributed by atoms with Crippen LogP contribution in [-0.4, -0.2) is 14.2 Å². The fourth-order valence-corrected chi connectivity index (χ4v) is 2.21. The Balaban J connectivity index is 3.06. The number of rotatable bonds is 3. The van der Waals surface area contributed by atoms with Gasteiger partial charge in [-0.3, -0.25) is 0 Å². The third-order valence-corrected chi connectivity index (χ3v) is 3.90. The molecule has 0 saturated carbocycles. The minimum absolute atomic E-state index is 0.0616. The van der Waals surface area contributed by atoms with Gasteiger partial charge in [-0.25, -0.2) is 8.42 Å². The molecule has 0 atom stereocenters. The van der Waals surface area contributed by atoms with E-state index in [1.165, 1.54) is 6.92 Å². The third kappa shape index (κ3) is 3.62. The van der Waals surface area contributed by atoms with E-state index in [0.717, 1.165) is 18.2 Å². The van der Waals surface area contributed by atoms with E-state index >= 15 is 0 Å². The van der Waals surface area contributed by atoms with Crippen molar-refractivity contribution in [2.75, 3.05) is 11.5 Å². The maximum atomic E-state index is 12.4. The van der Waals surface area contributed by atoms with Crippen LogP contribution in [0.25, 0.3) is 0 Å². The molecular formula is C10H12F3NO2S. The Morgan fingerprint density at radius 3 is 2.29 bits per heavy atom. The predicted octanol–water partition coefficient (Wildman–Crippen LogP) is 2.22. The summed E-state index contributed by atoms with van der Waals surface area (Å²) >= 11 is 0. The molecule has 0 unspecified atom stereocenters. The number of nitrogen functional groups attached to an aromatic ring is 1. The van der Waals surface area contributed by atoms with Crippen LogP contribution in [0.4, 0.5) is 18.9 Å². The standard InChI is InChI=1S/C10H12F3NO2S/c1-2-17(15,16)6-7-3-4-8(9(14)5-7)10(11,12)13/h3-5H,2,6,14H2,1H3. The van der Waals surface area contributed by atoms with E-state index in [1.54, 1.807) is 0 Å². The van der Waals surface area contributed by atoms with Crippen molar-refractivity contribution < 1.29 is 21.6 Å². The van der Waals surface area contributed by atoms with Crippen molar-refractivity contribution in [2.45, 2.75) is 18.9 Å². The normalized spacial score (nSPS) is 12.7. The monoisotopic (exact) mass is 267 g/mol. The molecule has 1 rings (SSSR count). The van der Waals surface area contributed by atoms with Crippen molar-refractivity contribution in [3.05, 3.63) is 29.3 Å². The minimum Gasteiger partial charge on any atom is -0.398 e. The van der Waals surface area contributed by atoms with Crippen molar-refractivity contribution in [2.24, 2.45) is 0 Å². The van der Waals surface area contributed by atoms with Crippen LogP contribution in [-0.2, 0) is 21.8 Å². The molecule has 0 amide bonds. The van der Waals surface area contributed by atoms with Gasteiger partial charge in [0.05, 0.1) is 11.3 Å². The van der Waals surface area contributed by atoms with Gasteiger partial charge < -0.3 is 5.73 Å². The summed E-state index contributed by atoms with van der Waals surface area (Å²) in [7, 11) is -3.27. The average molecular weight is 267 g/mol. The number of benzene rings is 1. The summed E-state index contributed by atoms with van der Waals surface area (Å²) in [5, 5.41) is 0. The van der Waals surface area contributed by atoms with Gasteiger partial charge >= 0.3 is 6.18 Å². The van der Waals surface area contributed by atoms with Crippen LogP contribution < -0.4 is 5.73 Å². The first kappa shape index (κ1) is 13.8. The van der Waals surface area contributed by atoms with E-state index in [4.69, 9.17) is 5.73 Å². The van der Waals surface area contributed by atoms with Crippen LogP contribution in [0.1, 0.15) is 18.1 Å². The maximum absolute atomic E-state index is 12.4. The number of halogens is 3. The lowest BCUT2D eigenvalue weighted by atomic mass is 10.1. The summed E-state index contributed by atoms with van der Waals surface area (Å²) < 4.78 is 59.8. The number of alkyl halides is 3. The molecule has 2 N–H and O–H groups in total. The summed E-state index contributed by atoms with van der Waals surface area (Å²) in [6.45, 7) is 1.47. The smallest absolute Gasteiger partial charge is 0.398 e. The van der Waals surface area contributed by atoms with Crippen molar-refractivity contribution in [3.63, 3.8) is 0 Å². The van der Waals surface area contributed by atoms with Crippen LogP contribution in [0.5, 0.6) is 0 Å². The molecule has 1 aromatic rings. The molecule has 0 aromatic heterocycles. The van der Waals surface area contributed by atoms with Gasteiger partial charge in [0.25, 0.3) is 0 Å². The minimum atomic E-state index is -4.52. The Morgan fingerprint density at radius 1 is 1.29 bits per heavy atom. The fourth-order valence-electron chi connectivity index (χ4n) is 1.32. The number of anilines is 1. The molecule has 17 heavy (non-hydrogen) atoms. The Bertz CT molecular complexity index is 509. The number of hydrogen-bond donors (Lipinski definition) is 1. The van der Waals surface area contributed by atoms with Crippen molar-refractivity contribution in [1.29, 1.82) is 0 Å². The molecule has 0 radical (unpaired) electrons. The van der Waals surface area contributed by atoms with Gasteiger partial charge in [0.2, 0.25) is 0 Å². The van der Waals surface area contributed by atoms with Gasteiger partial charge in [0.1, 0.15) is 0 Å². The van der Waals surface area contributed by atoms with Crippen molar-refractivity contribution in [3.8, 4) is 0 Å². The molecule has 7 heteroatoms. The SMILES string of the molecule is CCS(=O)(=O)Cc1ccc(C(F)(F)F)c(N)c1. The second-order valence-electron chi connectivity index (χ2n) is 3.60. The molecule has 0 heterocycles. The Labute approximate surface area is 97.4 Å². The molecule has 0 aliphatic carbocycles. The van der Waals surface area contributed by atoms with Gasteiger partial charge in [-0.2, -0.15) is 13.2 Å². The summed E-state index contributed by atoms with van der Waals surface area (Å²) in [4.78, 5) is 0. The molecule has 0 fully saturated rings. The average Bonchev–Trinajstić information content (AvgIpc) is 2.15. The third-order valence-electron chi connectivity index (χ3n) is 2.25. The highest BCUT2D eigenvalue weighted by Crippen LogP contribution is 2.33. The van der Waals surface area contributed by atoms with Gasteiger partial charge in [0.15, 0.2) is 9.84 Å². The van der Waals surface area contributed by atoms with Crippen LogP contribution in [0.3, 0.4) is 0 Å². The highest BCUT2D eigenvalue weighted by Gasteiger charge is 2.32. The molecule has 0 spiro atoms. The van der Waals surface area contributed by atoms with Crippen LogP contribution >= 0.6 is 0 Å². The van der Waals surface area contributed by atoms with Crippen molar-refractivity contribution in [1.82, 2.24) is 0 Å². The van der Waals surface area contributed by atoms with E-state index in [1.807, 2.05) is 0 Å². The topological polar surface area (TPSA) is 60.2 Å². The first-order valence-corrected chi connectivity index (χ1v) is 6.64. The van der Waals surface area contributed by atoms with Crippen molar-refractivity contribution >= 4 is 15.5 Å². The van der Waals surface area contributed by atoms with Gasteiger partial charge in [-0.15, -0.1) is 0 Å². The summed E-state index contributed by atoms with van der Waals surface area (Å²) in [6.07, 6.45) is -4.52. The molecule has 0 saturated heterocycles. The zero-order valence-electron chi connectivity index (χ0n) is 9.08. The Hall–Kier alpha value is -1.24. The summed E-state index contributed by atoms with van der Waals surface area (Å²) in [5.41, 5.74) is 4.11. The van der Waals surface area contributed by atoms with Gasteiger partial charge in [-0.05, 0) is 17.7 Å². The molecule has 3 nitrogen and oxygen atoms in total. The molecule has 0 aliphatic rings. The molecule has 0 bridgehead atoms. The second-order valence-corrected chi connectivity index (χ2v) is 5.95. The molecule has 0 aliphatic heterocycles. The lowest BCUT2D eigenvalue weighted by Crippen LogP contribution is -2.11. The van der Waals surface area contributed by atoms with E-state index < -0.39 is 27.3 Å². The summed E-state index contributed by atoms with van der Waals surface area (Å²) in [5.74, 6) is -0.361. The van der Waals surface area contributed by atoms with Gasteiger partial charge in [-0.1, -0.05) is 13.0 Å². The number of hydrogen-bond acceptors (Lipinski definition) is 3. The summed E-state index contributed by atoms with van der Waals surface area (Å²) in [6, 6.07) is 2.98. The van der Waals surface area contributed by atoms with E-state index in [2.05, 4.69) is 0 Å². The number of sulfone groups is 1. The largest absolute Gasteiger partial charge is 0.418 e.